The Balaban J connectivity index is 1.58. The fraction of sp³-hybridized carbons (Fsp3) is 0.353. The summed E-state index contributed by atoms with van der Waals surface area (Å²) >= 11 is 2.45. The summed E-state index contributed by atoms with van der Waals surface area (Å²) in [7, 11) is 1.57. The maximum absolute atomic E-state index is 12.5. The Hall–Kier alpha value is -2.46. The van der Waals surface area contributed by atoms with Gasteiger partial charge in [0, 0.05) is 25.7 Å². The molecule has 0 radical (unpaired) electrons. The third-order valence-electron chi connectivity index (χ3n) is 4.05. The van der Waals surface area contributed by atoms with E-state index >= 15 is 0 Å². The van der Waals surface area contributed by atoms with Crippen LogP contribution in [0.3, 0.4) is 0 Å². The first-order valence-electron chi connectivity index (χ1n) is 8.31. The quantitative estimate of drug-likeness (QED) is 0.560. The van der Waals surface area contributed by atoms with Gasteiger partial charge in [0.2, 0.25) is 22.9 Å². The highest BCUT2D eigenvalue weighted by Gasteiger charge is 2.35. The summed E-state index contributed by atoms with van der Waals surface area (Å²) in [6, 6.07) is 7.65. The van der Waals surface area contributed by atoms with E-state index in [0.717, 1.165) is 11.3 Å². The number of aromatic nitrogens is 2. The molecule has 142 valence electrons. The summed E-state index contributed by atoms with van der Waals surface area (Å²) in [5.41, 5.74) is 1.86. The van der Waals surface area contributed by atoms with E-state index in [0.29, 0.717) is 16.0 Å². The second kappa shape index (κ2) is 8.49. The second-order valence-corrected chi connectivity index (χ2v) is 8.27. The Labute approximate surface area is 164 Å². The van der Waals surface area contributed by atoms with Gasteiger partial charge in [-0.3, -0.25) is 14.4 Å². The lowest BCUT2D eigenvalue weighted by Gasteiger charge is -2.17. The average molecular weight is 406 g/mol. The molecule has 1 aliphatic heterocycles. The molecule has 3 rings (SSSR count). The van der Waals surface area contributed by atoms with Crippen molar-refractivity contribution in [3.63, 3.8) is 0 Å². The molecule has 8 nitrogen and oxygen atoms in total. The number of rotatable bonds is 6. The van der Waals surface area contributed by atoms with E-state index in [-0.39, 0.29) is 29.9 Å². The highest BCUT2D eigenvalue weighted by Crippen LogP contribution is 2.28. The molecule has 2 heterocycles. The summed E-state index contributed by atoms with van der Waals surface area (Å²) in [4.78, 5) is 37.7. The molecule has 1 aliphatic rings. The highest BCUT2D eigenvalue weighted by atomic mass is 32.2. The summed E-state index contributed by atoms with van der Waals surface area (Å²) < 4.78 is 0.595. The minimum absolute atomic E-state index is 0.0696. The van der Waals surface area contributed by atoms with E-state index in [4.69, 9.17) is 0 Å². The lowest BCUT2D eigenvalue weighted by atomic mass is 10.1. The smallest absolute Gasteiger partial charge is 0.231 e. The van der Waals surface area contributed by atoms with Gasteiger partial charge in [0.25, 0.3) is 0 Å². The van der Waals surface area contributed by atoms with Crippen molar-refractivity contribution in [3.05, 3.63) is 29.8 Å². The minimum atomic E-state index is -0.441. The molecular formula is C17H19N5O3S2. The van der Waals surface area contributed by atoms with Crippen LogP contribution < -0.4 is 15.5 Å². The zero-order chi connectivity index (χ0) is 19.4. The van der Waals surface area contributed by atoms with Crippen molar-refractivity contribution in [2.75, 3.05) is 29.6 Å². The first kappa shape index (κ1) is 19.3. The molecule has 1 saturated heterocycles. The van der Waals surface area contributed by atoms with Crippen LogP contribution in [-0.4, -0.2) is 47.3 Å². The van der Waals surface area contributed by atoms with Gasteiger partial charge in [0.15, 0.2) is 4.34 Å². The normalized spacial score (nSPS) is 16.4. The van der Waals surface area contributed by atoms with Crippen molar-refractivity contribution < 1.29 is 14.4 Å². The zero-order valence-electron chi connectivity index (χ0n) is 14.9. The van der Waals surface area contributed by atoms with Crippen molar-refractivity contribution in [1.82, 2.24) is 15.5 Å². The van der Waals surface area contributed by atoms with Gasteiger partial charge >= 0.3 is 0 Å². The molecule has 1 atom stereocenters. The number of benzene rings is 1. The van der Waals surface area contributed by atoms with Crippen LogP contribution >= 0.6 is 23.1 Å². The van der Waals surface area contributed by atoms with E-state index < -0.39 is 5.92 Å². The molecule has 3 amide bonds. The van der Waals surface area contributed by atoms with Gasteiger partial charge in [-0.05, 0) is 24.6 Å². The number of anilines is 2. The first-order chi connectivity index (χ1) is 13.0. The topological polar surface area (TPSA) is 104 Å². The minimum Gasteiger partial charge on any atom is -0.358 e. The third-order valence-corrected chi connectivity index (χ3v) is 6.02. The van der Waals surface area contributed by atoms with Gasteiger partial charge in [0.05, 0.1) is 11.7 Å². The molecular weight excluding hydrogens is 386 g/mol. The van der Waals surface area contributed by atoms with Crippen LogP contribution in [0, 0.1) is 12.8 Å². The van der Waals surface area contributed by atoms with E-state index in [1.165, 1.54) is 23.1 Å². The number of nitrogens with one attached hydrogen (secondary N) is 2. The van der Waals surface area contributed by atoms with Crippen LogP contribution in [0.2, 0.25) is 0 Å². The fourth-order valence-corrected chi connectivity index (χ4v) is 4.28. The first-order valence-corrected chi connectivity index (χ1v) is 10.1. The number of nitrogens with zero attached hydrogens (tertiary/aromatic N) is 3. The molecule has 1 fully saturated rings. The van der Waals surface area contributed by atoms with Crippen molar-refractivity contribution >= 4 is 51.6 Å². The van der Waals surface area contributed by atoms with Gasteiger partial charge in [0.1, 0.15) is 0 Å². The molecule has 27 heavy (non-hydrogen) atoms. The molecule has 1 aromatic carbocycles. The maximum atomic E-state index is 12.5. The van der Waals surface area contributed by atoms with Gasteiger partial charge in [-0.2, -0.15) is 0 Å². The molecule has 0 unspecified atom stereocenters. The molecule has 2 N–H and O–H groups in total. The van der Waals surface area contributed by atoms with Crippen LogP contribution in [0.1, 0.15) is 12.0 Å². The third kappa shape index (κ3) is 4.83. The molecule has 1 aromatic heterocycles. The van der Waals surface area contributed by atoms with E-state index in [9.17, 15) is 14.4 Å². The number of carbonyl (C=O) groups is 3. The molecule has 10 heteroatoms. The van der Waals surface area contributed by atoms with Crippen molar-refractivity contribution in [2.45, 2.75) is 17.7 Å². The lowest BCUT2D eigenvalue weighted by Crippen LogP contribution is -2.28. The predicted octanol–water partition coefficient (Wildman–Crippen LogP) is 1.68. The van der Waals surface area contributed by atoms with Gasteiger partial charge in [-0.15, -0.1) is 10.2 Å². The molecule has 0 bridgehead atoms. The summed E-state index contributed by atoms with van der Waals surface area (Å²) in [5, 5.41) is 13.5. The number of aryl methyl sites for hydroxylation is 1. The van der Waals surface area contributed by atoms with Gasteiger partial charge in [-0.25, -0.2) is 0 Å². The average Bonchev–Trinajstić information content (AvgIpc) is 3.26. The second-order valence-electron chi connectivity index (χ2n) is 6.07. The van der Waals surface area contributed by atoms with Gasteiger partial charge in [-0.1, -0.05) is 35.2 Å². The standard InChI is InChI=1S/C17H19N5O3S2/c1-10-4-3-5-12(6-10)22-8-11(7-14(22)24)15(25)19-16-20-21-17(27-16)26-9-13(23)18-2/h3-6,11H,7-9H2,1-2H3,(H,18,23)(H,19,20,25)/t11-/m1/s1. The predicted molar refractivity (Wildman–Crippen MR) is 105 cm³/mol. The number of hydrogen-bond acceptors (Lipinski definition) is 7. The van der Waals surface area contributed by atoms with Crippen molar-refractivity contribution in [1.29, 1.82) is 0 Å². The maximum Gasteiger partial charge on any atom is 0.231 e. The lowest BCUT2D eigenvalue weighted by molar-refractivity contribution is -0.122. The van der Waals surface area contributed by atoms with Crippen LogP contribution in [-0.2, 0) is 14.4 Å². The molecule has 2 aromatic rings. The number of carbonyl (C=O) groups excluding carboxylic acids is 3. The number of amides is 3. The van der Waals surface area contributed by atoms with E-state index in [1.807, 2.05) is 31.2 Å². The number of thioether (sulfide) groups is 1. The molecule has 0 aliphatic carbocycles. The van der Waals surface area contributed by atoms with E-state index in [1.54, 1.807) is 11.9 Å². The summed E-state index contributed by atoms with van der Waals surface area (Å²) in [6.45, 7) is 2.30. The van der Waals surface area contributed by atoms with Crippen LogP contribution in [0.15, 0.2) is 28.6 Å². The Morgan fingerprint density at radius 3 is 2.93 bits per heavy atom. The van der Waals surface area contributed by atoms with Crippen LogP contribution in [0.25, 0.3) is 0 Å². The SMILES string of the molecule is CNC(=O)CSc1nnc(NC(=O)[C@@H]2CC(=O)N(c3cccc(C)c3)C2)s1. The van der Waals surface area contributed by atoms with E-state index in [2.05, 4.69) is 20.8 Å². The fourth-order valence-electron chi connectivity index (χ4n) is 2.65. The Kier molecular flexibility index (Phi) is 6.07. The molecule has 0 spiro atoms. The Morgan fingerprint density at radius 2 is 2.19 bits per heavy atom. The van der Waals surface area contributed by atoms with Crippen molar-refractivity contribution in [2.24, 2.45) is 5.92 Å². The Morgan fingerprint density at radius 1 is 1.37 bits per heavy atom. The van der Waals surface area contributed by atoms with Gasteiger partial charge < -0.3 is 15.5 Å². The summed E-state index contributed by atoms with van der Waals surface area (Å²) in [5.74, 6) is -0.635. The Bertz CT molecular complexity index is 870. The largest absolute Gasteiger partial charge is 0.358 e. The monoisotopic (exact) mass is 405 g/mol. The highest BCUT2D eigenvalue weighted by molar-refractivity contribution is 8.01. The summed E-state index contributed by atoms with van der Waals surface area (Å²) in [6.07, 6.45) is 0.164. The number of hydrogen-bond donors (Lipinski definition) is 2. The zero-order valence-corrected chi connectivity index (χ0v) is 16.5. The van der Waals surface area contributed by atoms with Crippen LogP contribution in [0.4, 0.5) is 10.8 Å². The van der Waals surface area contributed by atoms with Crippen molar-refractivity contribution in [3.8, 4) is 0 Å². The molecule has 0 saturated carbocycles. The van der Waals surface area contributed by atoms with Crippen LogP contribution in [0.5, 0.6) is 0 Å².